The van der Waals surface area contributed by atoms with Gasteiger partial charge in [-0.1, -0.05) is 24.3 Å². The van der Waals surface area contributed by atoms with Crippen LogP contribution < -0.4 is 15.0 Å². The maximum Gasteiger partial charge on any atom is 0.319 e. The minimum absolute atomic E-state index is 0.112. The molecule has 2 unspecified atom stereocenters. The lowest BCUT2D eigenvalue weighted by atomic mass is 9.95. The summed E-state index contributed by atoms with van der Waals surface area (Å²) in [7, 11) is -3.04. The van der Waals surface area contributed by atoms with E-state index >= 15 is 4.39 Å². The van der Waals surface area contributed by atoms with Crippen LogP contribution in [0.2, 0.25) is 0 Å². The van der Waals surface area contributed by atoms with E-state index in [1.165, 1.54) is 13.1 Å². The summed E-state index contributed by atoms with van der Waals surface area (Å²) in [6, 6.07) is 10.2. The third-order valence-electron chi connectivity index (χ3n) is 10.0. The topological polar surface area (TPSA) is 111 Å². The highest BCUT2D eigenvalue weighted by atomic mass is 32.2. The third kappa shape index (κ3) is 4.26. The molecule has 232 valence electrons. The van der Waals surface area contributed by atoms with Gasteiger partial charge in [0.25, 0.3) is 10.0 Å². The van der Waals surface area contributed by atoms with Crippen LogP contribution in [0.15, 0.2) is 41.3 Å². The number of sulfonamides is 1. The van der Waals surface area contributed by atoms with Crippen LogP contribution in [0.3, 0.4) is 0 Å². The van der Waals surface area contributed by atoms with Gasteiger partial charge in [0.05, 0.1) is 11.2 Å². The number of alkyl halides is 1. The smallest absolute Gasteiger partial charge is 0.319 e. The fourth-order valence-electron chi connectivity index (χ4n) is 7.99. The van der Waals surface area contributed by atoms with Crippen molar-refractivity contribution in [1.29, 1.82) is 0 Å². The van der Waals surface area contributed by atoms with Gasteiger partial charge in [0.2, 0.25) is 0 Å². The fraction of sp³-hybridized carbons (Fsp3) is 0.484. The Bertz CT molecular complexity index is 1810. The van der Waals surface area contributed by atoms with Crippen LogP contribution >= 0.6 is 0 Å². The molecule has 4 atom stereocenters. The van der Waals surface area contributed by atoms with Crippen molar-refractivity contribution in [3.8, 4) is 11.8 Å². The zero-order chi connectivity index (χ0) is 30.4. The van der Waals surface area contributed by atoms with Crippen molar-refractivity contribution in [2.75, 3.05) is 44.7 Å². The molecule has 5 aliphatic heterocycles. The van der Waals surface area contributed by atoms with Gasteiger partial charge in [0.15, 0.2) is 16.5 Å². The summed E-state index contributed by atoms with van der Waals surface area (Å²) in [5.41, 5.74) is -0.860. The maximum atomic E-state index is 16.9. The Morgan fingerprint density at radius 2 is 1.91 bits per heavy atom. The average Bonchev–Trinajstić information content (AvgIpc) is 3.64. The van der Waals surface area contributed by atoms with Gasteiger partial charge in [0.1, 0.15) is 24.2 Å². The van der Waals surface area contributed by atoms with Crippen molar-refractivity contribution in [3.05, 3.63) is 47.7 Å². The monoisotopic (exact) mass is 624 g/mol. The van der Waals surface area contributed by atoms with E-state index < -0.39 is 27.6 Å². The SMILES string of the molecule is CN1C(c2cc(O)cc3ccccc23)=C(F)c2nc(OC[C@@]34CCCN3C[C@H](F)C4)nc(N3CC4CCC(C3)N4)c2S1(=O)=O. The van der Waals surface area contributed by atoms with Crippen LogP contribution in [0.25, 0.3) is 22.3 Å². The van der Waals surface area contributed by atoms with Gasteiger partial charge in [0, 0.05) is 50.7 Å². The first-order valence-corrected chi connectivity index (χ1v) is 16.6. The molecule has 6 heterocycles. The fourth-order valence-corrected chi connectivity index (χ4v) is 9.47. The zero-order valence-electron chi connectivity index (χ0n) is 24.3. The number of ether oxygens (including phenoxy) is 1. The summed E-state index contributed by atoms with van der Waals surface area (Å²) >= 11 is 0. The number of hydrogen-bond acceptors (Lipinski definition) is 9. The first-order valence-electron chi connectivity index (χ1n) is 15.2. The van der Waals surface area contributed by atoms with E-state index in [1.54, 1.807) is 30.3 Å². The molecule has 0 aliphatic carbocycles. The Morgan fingerprint density at radius 3 is 2.70 bits per heavy atom. The molecule has 0 radical (unpaired) electrons. The second kappa shape index (κ2) is 9.98. The van der Waals surface area contributed by atoms with Crippen LogP contribution in [0.5, 0.6) is 11.8 Å². The van der Waals surface area contributed by atoms with Gasteiger partial charge < -0.3 is 20.1 Å². The van der Waals surface area contributed by atoms with E-state index in [0.29, 0.717) is 36.8 Å². The molecule has 10 nitrogen and oxygen atoms in total. The number of phenolic OH excluding ortho intramolecular Hbond substituents is 1. The number of piperazine rings is 1. The Labute approximate surface area is 254 Å². The van der Waals surface area contributed by atoms with Crippen LogP contribution in [0.4, 0.5) is 14.6 Å². The number of nitrogens with zero attached hydrogens (tertiary/aromatic N) is 5. The summed E-state index contributed by atoms with van der Waals surface area (Å²) in [6.07, 6.45) is 3.00. The van der Waals surface area contributed by atoms with Gasteiger partial charge in [-0.15, -0.1) is 0 Å². The zero-order valence-corrected chi connectivity index (χ0v) is 25.2. The number of aromatic nitrogens is 2. The van der Waals surface area contributed by atoms with E-state index in [9.17, 15) is 17.9 Å². The van der Waals surface area contributed by atoms with Crippen molar-refractivity contribution in [2.24, 2.45) is 0 Å². The van der Waals surface area contributed by atoms with Crippen molar-refractivity contribution in [1.82, 2.24) is 24.5 Å². The Morgan fingerprint density at radius 1 is 1.14 bits per heavy atom. The lowest BCUT2D eigenvalue weighted by molar-refractivity contribution is 0.107. The molecular weight excluding hydrogens is 590 g/mol. The van der Waals surface area contributed by atoms with E-state index in [1.807, 2.05) is 4.90 Å². The first-order chi connectivity index (χ1) is 21.1. The summed E-state index contributed by atoms with van der Waals surface area (Å²) in [6.45, 7) is 2.28. The molecule has 0 amide bonds. The summed E-state index contributed by atoms with van der Waals surface area (Å²) in [5.74, 6) is -0.867. The maximum absolute atomic E-state index is 16.9. The molecule has 13 heteroatoms. The van der Waals surface area contributed by atoms with Crippen LogP contribution in [0.1, 0.15) is 43.4 Å². The predicted molar refractivity (Wildman–Crippen MR) is 161 cm³/mol. The van der Waals surface area contributed by atoms with Gasteiger partial charge >= 0.3 is 6.01 Å². The van der Waals surface area contributed by atoms with Crippen LogP contribution in [0, 0.1) is 0 Å². The molecule has 2 aromatic carbocycles. The number of fused-ring (bicyclic) bond motifs is 5. The lowest BCUT2D eigenvalue weighted by Gasteiger charge is -2.37. The summed E-state index contributed by atoms with van der Waals surface area (Å²) in [5, 5.41) is 15.3. The number of phenols is 1. The second-order valence-electron chi connectivity index (χ2n) is 12.8. The van der Waals surface area contributed by atoms with Gasteiger partial charge in [-0.2, -0.15) is 9.97 Å². The normalized spacial score (nSPS) is 29.4. The summed E-state index contributed by atoms with van der Waals surface area (Å²) < 4.78 is 67.1. The Hall–Kier alpha value is -3.55. The largest absolute Gasteiger partial charge is 0.508 e. The van der Waals surface area contributed by atoms with Crippen LogP contribution in [-0.2, 0) is 10.0 Å². The van der Waals surface area contributed by atoms with Crippen molar-refractivity contribution >= 4 is 38.1 Å². The van der Waals surface area contributed by atoms with E-state index in [4.69, 9.17) is 4.74 Å². The molecule has 0 spiro atoms. The standard InChI is InChI=1S/C31H34F2N6O4S/c1-37-27(24-12-22(40)11-18-5-2-3-6-23(18)24)25(33)26-28(44(37,41)42)29(38-15-20-7-8-21(16-38)34-20)36-30(35-26)43-17-31-9-4-10-39(31)14-19(32)13-31/h2-3,5-6,11-12,19-21,34,40H,4,7-10,13-17H2,1H3/t19-,20?,21?,31+/m1/s1. The molecule has 2 bridgehead atoms. The first kappa shape index (κ1) is 28.0. The number of rotatable bonds is 5. The molecule has 5 aliphatic rings. The Kier molecular flexibility index (Phi) is 6.34. The highest BCUT2D eigenvalue weighted by Crippen LogP contribution is 2.47. The highest BCUT2D eigenvalue weighted by molar-refractivity contribution is 7.89. The van der Waals surface area contributed by atoms with Gasteiger partial charge in [-0.3, -0.25) is 9.21 Å². The molecule has 4 fully saturated rings. The van der Waals surface area contributed by atoms with Crippen LogP contribution in [-0.4, -0.2) is 96.3 Å². The second-order valence-corrected chi connectivity index (χ2v) is 14.7. The van der Waals surface area contributed by atoms with Crippen molar-refractivity contribution in [2.45, 2.75) is 60.8 Å². The van der Waals surface area contributed by atoms with E-state index in [2.05, 4.69) is 20.2 Å². The van der Waals surface area contributed by atoms with Gasteiger partial charge in [-0.25, -0.2) is 17.2 Å². The van der Waals surface area contributed by atoms with Crippen molar-refractivity contribution in [3.63, 3.8) is 0 Å². The minimum Gasteiger partial charge on any atom is -0.508 e. The number of benzene rings is 2. The molecule has 8 rings (SSSR count). The molecule has 44 heavy (non-hydrogen) atoms. The quantitative estimate of drug-likeness (QED) is 0.440. The molecular formula is C31H34F2N6O4S. The van der Waals surface area contributed by atoms with Gasteiger partial charge in [-0.05, 0) is 55.1 Å². The highest BCUT2D eigenvalue weighted by Gasteiger charge is 2.50. The number of halogens is 2. The van der Waals surface area contributed by atoms with E-state index in [0.717, 1.165) is 36.5 Å². The molecule has 0 saturated carbocycles. The predicted octanol–water partition coefficient (Wildman–Crippen LogP) is 3.66. The number of hydrogen-bond donors (Lipinski definition) is 2. The molecule has 1 aromatic heterocycles. The lowest BCUT2D eigenvalue weighted by Crippen LogP contribution is -2.52. The van der Waals surface area contributed by atoms with Crippen molar-refractivity contribution < 1.29 is 27.0 Å². The number of aromatic hydroxyl groups is 1. The minimum atomic E-state index is -4.34. The average molecular weight is 625 g/mol. The molecule has 2 N–H and O–H groups in total. The number of nitrogens with one attached hydrogen (secondary N) is 1. The summed E-state index contributed by atoms with van der Waals surface area (Å²) in [4.78, 5) is 12.8. The third-order valence-corrected chi connectivity index (χ3v) is 11.8. The molecule has 4 saturated heterocycles. The molecule has 3 aromatic rings. The Balaban J connectivity index is 1.30. The number of anilines is 1. The van der Waals surface area contributed by atoms with E-state index in [-0.39, 0.29) is 58.1 Å².